The SMILES string of the molecule is O=C(Nc1ccc(Nc2ccc(Cl)cc2Cl)nc1)c1ccc(F)cc1. The number of rotatable bonds is 4. The molecular weight excluding hydrogens is 364 g/mol. The van der Waals surface area contributed by atoms with Gasteiger partial charge in [-0.3, -0.25) is 4.79 Å². The second-order valence-corrected chi connectivity index (χ2v) is 5.99. The van der Waals surface area contributed by atoms with Crippen molar-refractivity contribution in [2.75, 3.05) is 10.6 Å². The Bertz CT molecular complexity index is 899. The Balaban J connectivity index is 1.67. The Hall–Kier alpha value is -2.63. The number of hydrogen-bond acceptors (Lipinski definition) is 3. The zero-order chi connectivity index (χ0) is 17.8. The molecule has 126 valence electrons. The number of benzene rings is 2. The van der Waals surface area contributed by atoms with Gasteiger partial charge in [-0.2, -0.15) is 0 Å². The normalized spacial score (nSPS) is 10.4. The summed E-state index contributed by atoms with van der Waals surface area (Å²) in [5.74, 6) is -0.179. The third-order valence-corrected chi connectivity index (χ3v) is 3.87. The van der Waals surface area contributed by atoms with Gasteiger partial charge in [-0.1, -0.05) is 23.2 Å². The maximum atomic E-state index is 12.9. The number of carbonyl (C=O) groups excluding carboxylic acids is 1. The molecule has 25 heavy (non-hydrogen) atoms. The van der Waals surface area contributed by atoms with Crippen LogP contribution < -0.4 is 10.6 Å². The standard InChI is InChI=1S/C18H12Cl2FN3O/c19-12-3-7-16(15(20)9-12)24-17-8-6-14(10-22-17)23-18(25)11-1-4-13(21)5-2-11/h1-10H,(H,22,24)(H,23,25). The lowest BCUT2D eigenvalue weighted by molar-refractivity contribution is 0.102. The third kappa shape index (κ3) is 4.47. The van der Waals surface area contributed by atoms with Crippen LogP contribution in [0, 0.1) is 5.82 Å². The van der Waals surface area contributed by atoms with E-state index in [1.165, 1.54) is 30.5 Å². The molecule has 0 aliphatic carbocycles. The van der Waals surface area contributed by atoms with E-state index < -0.39 is 5.82 Å². The summed E-state index contributed by atoms with van der Waals surface area (Å²) in [6.45, 7) is 0. The van der Waals surface area contributed by atoms with Gasteiger partial charge in [0.2, 0.25) is 0 Å². The minimum Gasteiger partial charge on any atom is -0.339 e. The highest BCUT2D eigenvalue weighted by molar-refractivity contribution is 6.36. The van der Waals surface area contributed by atoms with E-state index in [4.69, 9.17) is 23.2 Å². The third-order valence-electron chi connectivity index (χ3n) is 3.32. The molecule has 0 saturated heterocycles. The van der Waals surface area contributed by atoms with Crippen molar-refractivity contribution in [3.8, 4) is 0 Å². The van der Waals surface area contributed by atoms with E-state index >= 15 is 0 Å². The van der Waals surface area contributed by atoms with E-state index in [9.17, 15) is 9.18 Å². The molecule has 0 radical (unpaired) electrons. The number of carbonyl (C=O) groups is 1. The molecule has 0 saturated carbocycles. The molecule has 2 N–H and O–H groups in total. The molecule has 2 aromatic carbocycles. The number of anilines is 3. The van der Waals surface area contributed by atoms with Gasteiger partial charge in [0.25, 0.3) is 5.91 Å². The predicted molar refractivity (Wildman–Crippen MR) is 98.3 cm³/mol. The van der Waals surface area contributed by atoms with Crippen LogP contribution in [-0.4, -0.2) is 10.9 Å². The Labute approximate surface area is 153 Å². The first kappa shape index (κ1) is 17.2. The van der Waals surface area contributed by atoms with Gasteiger partial charge in [-0.05, 0) is 54.6 Å². The molecule has 0 aliphatic heterocycles. The van der Waals surface area contributed by atoms with Gasteiger partial charge >= 0.3 is 0 Å². The second-order valence-electron chi connectivity index (χ2n) is 5.14. The first-order valence-corrected chi connectivity index (χ1v) is 8.02. The molecule has 3 rings (SSSR count). The highest BCUT2D eigenvalue weighted by atomic mass is 35.5. The summed E-state index contributed by atoms with van der Waals surface area (Å²) in [4.78, 5) is 16.3. The maximum absolute atomic E-state index is 12.9. The molecule has 7 heteroatoms. The summed E-state index contributed by atoms with van der Waals surface area (Å²) in [5, 5.41) is 6.77. The molecule has 0 spiro atoms. The summed E-state index contributed by atoms with van der Waals surface area (Å²) >= 11 is 12.0. The van der Waals surface area contributed by atoms with Crippen molar-refractivity contribution in [3.63, 3.8) is 0 Å². The zero-order valence-corrected chi connectivity index (χ0v) is 14.3. The van der Waals surface area contributed by atoms with Crippen LogP contribution in [0.5, 0.6) is 0 Å². The number of halogens is 3. The molecule has 0 atom stereocenters. The average Bonchev–Trinajstić information content (AvgIpc) is 2.59. The quantitative estimate of drug-likeness (QED) is 0.630. The first-order chi connectivity index (χ1) is 12.0. The fraction of sp³-hybridized carbons (Fsp3) is 0. The van der Waals surface area contributed by atoms with Crippen LogP contribution in [-0.2, 0) is 0 Å². The van der Waals surface area contributed by atoms with E-state index in [2.05, 4.69) is 15.6 Å². The van der Waals surface area contributed by atoms with Crippen molar-refractivity contribution in [2.45, 2.75) is 0 Å². The van der Waals surface area contributed by atoms with Crippen LogP contribution in [0.1, 0.15) is 10.4 Å². The van der Waals surface area contributed by atoms with Crippen molar-refractivity contribution in [1.29, 1.82) is 0 Å². The number of amides is 1. The molecule has 0 unspecified atom stereocenters. The van der Waals surface area contributed by atoms with Crippen LogP contribution in [0.2, 0.25) is 10.0 Å². The van der Waals surface area contributed by atoms with E-state index in [0.29, 0.717) is 32.8 Å². The topological polar surface area (TPSA) is 54.0 Å². The van der Waals surface area contributed by atoms with Gasteiger partial charge in [0.05, 0.1) is 22.6 Å². The van der Waals surface area contributed by atoms with E-state index in [1.54, 1.807) is 30.3 Å². The van der Waals surface area contributed by atoms with Gasteiger partial charge in [0.15, 0.2) is 0 Å². The van der Waals surface area contributed by atoms with Crippen molar-refractivity contribution in [1.82, 2.24) is 4.98 Å². The zero-order valence-electron chi connectivity index (χ0n) is 12.8. The van der Waals surface area contributed by atoms with E-state index in [-0.39, 0.29) is 5.91 Å². The number of hydrogen-bond donors (Lipinski definition) is 2. The lowest BCUT2D eigenvalue weighted by atomic mass is 10.2. The smallest absolute Gasteiger partial charge is 0.255 e. The van der Waals surface area contributed by atoms with Crippen LogP contribution in [0.15, 0.2) is 60.8 Å². The molecule has 1 heterocycles. The molecule has 1 amide bonds. The summed E-state index contributed by atoms with van der Waals surface area (Å²) in [6, 6.07) is 13.8. The van der Waals surface area contributed by atoms with Crippen LogP contribution in [0.3, 0.4) is 0 Å². The fourth-order valence-corrected chi connectivity index (χ4v) is 2.53. The van der Waals surface area contributed by atoms with Crippen LogP contribution in [0.4, 0.5) is 21.6 Å². The minimum atomic E-state index is -0.394. The molecular formula is C18H12Cl2FN3O. The highest BCUT2D eigenvalue weighted by Gasteiger charge is 2.07. The van der Waals surface area contributed by atoms with Gasteiger partial charge in [0.1, 0.15) is 11.6 Å². The van der Waals surface area contributed by atoms with Crippen LogP contribution in [0.25, 0.3) is 0 Å². The van der Waals surface area contributed by atoms with Crippen molar-refractivity contribution >= 4 is 46.3 Å². The monoisotopic (exact) mass is 375 g/mol. The largest absolute Gasteiger partial charge is 0.339 e. The van der Waals surface area contributed by atoms with Crippen molar-refractivity contribution in [2.24, 2.45) is 0 Å². The van der Waals surface area contributed by atoms with Gasteiger partial charge < -0.3 is 10.6 Å². The fourth-order valence-electron chi connectivity index (χ4n) is 2.08. The van der Waals surface area contributed by atoms with E-state index in [0.717, 1.165) is 0 Å². The molecule has 0 aliphatic rings. The van der Waals surface area contributed by atoms with Crippen molar-refractivity contribution < 1.29 is 9.18 Å². The molecule has 3 aromatic rings. The Morgan fingerprint density at radius 1 is 1.00 bits per heavy atom. The lowest BCUT2D eigenvalue weighted by Crippen LogP contribution is -2.12. The van der Waals surface area contributed by atoms with Gasteiger partial charge in [-0.15, -0.1) is 0 Å². The maximum Gasteiger partial charge on any atom is 0.255 e. The summed E-state index contributed by atoms with van der Waals surface area (Å²) in [6.07, 6.45) is 1.51. The number of nitrogens with one attached hydrogen (secondary N) is 2. The Morgan fingerprint density at radius 2 is 1.76 bits per heavy atom. The number of pyridine rings is 1. The summed E-state index contributed by atoms with van der Waals surface area (Å²) in [7, 11) is 0. The minimum absolute atomic E-state index is 0.344. The molecule has 4 nitrogen and oxygen atoms in total. The van der Waals surface area contributed by atoms with E-state index in [1.807, 2.05) is 0 Å². The average molecular weight is 376 g/mol. The first-order valence-electron chi connectivity index (χ1n) is 7.26. The van der Waals surface area contributed by atoms with Gasteiger partial charge in [-0.25, -0.2) is 9.37 Å². The summed E-state index contributed by atoms with van der Waals surface area (Å²) < 4.78 is 12.9. The van der Waals surface area contributed by atoms with Crippen molar-refractivity contribution in [3.05, 3.63) is 82.2 Å². The second kappa shape index (κ2) is 7.51. The Morgan fingerprint density at radius 3 is 2.40 bits per heavy atom. The molecule has 0 bridgehead atoms. The Kier molecular flexibility index (Phi) is 5.16. The lowest BCUT2D eigenvalue weighted by Gasteiger charge is -2.09. The number of nitrogens with zero attached hydrogens (tertiary/aromatic N) is 1. The summed E-state index contributed by atoms with van der Waals surface area (Å²) in [5.41, 5.74) is 1.54. The molecule has 1 aromatic heterocycles. The van der Waals surface area contributed by atoms with Gasteiger partial charge in [0, 0.05) is 10.6 Å². The predicted octanol–water partition coefficient (Wildman–Crippen LogP) is 5.52. The molecule has 0 fully saturated rings. The number of aromatic nitrogens is 1. The highest BCUT2D eigenvalue weighted by Crippen LogP contribution is 2.27. The van der Waals surface area contributed by atoms with Crippen LogP contribution >= 0.6 is 23.2 Å².